The molecule has 19 heavy (non-hydrogen) atoms. The lowest BCUT2D eigenvalue weighted by atomic mass is 9.95. The summed E-state index contributed by atoms with van der Waals surface area (Å²) >= 11 is 4.52. The van der Waals surface area contributed by atoms with Crippen LogP contribution in [-0.4, -0.2) is 0 Å². The molecule has 2 aromatic rings. The van der Waals surface area contributed by atoms with Gasteiger partial charge in [0.2, 0.25) is 0 Å². The molecule has 1 atom stereocenters. The minimum atomic E-state index is 0.290. The highest BCUT2D eigenvalue weighted by Gasteiger charge is 2.06. The van der Waals surface area contributed by atoms with Crippen molar-refractivity contribution in [2.75, 3.05) is 0 Å². The van der Waals surface area contributed by atoms with E-state index in [9.17, 15) is 0 Å². The normalized spacial score (nSPS) is 12.5. The van der Waals surface area contributed by atoms with Gasteiger partial charge in [-0.05, 0) is 60.6 Å². The number of benzene rings is 2. The van der Waals surface area contributed by atoms with E-state index in [0.717, 1.165) is 6.42 Å². The highest BCUT2D eigenvalue weighted by atomic mass is 32.1. The molecule has 0 bridgehead atoms. The fourth-order valence-corrected chi connectivity index (χ4v) is 2.89. The Morgan fingerprint density at radius 1 is 0.947 bits per heavy atom. The van der Waals surface area contributed by atoms with Crippen LogP contribution >= 0.6 is 12.6 Å². The zero-order valence-electron chi connectivity index (χ0n) is 12.2. The number of thiol groups is 1. The summed E-state index contributed by atoms with van der Waals surface area (Å²) in [4.78, 5) is 0. The van der Waals surface area contributed by atoms with Crippen molar-refractivity contribution in [3.8, 4) is 11.1 Å². The summed E-state index contributed by atoms with van der Waals surface area (Å²) in [7, 11) is 0. The molecule has 0 spiro atoms. The molecule has 0 heterocycles. The van der Waals surface area contributed by atoms with Crippen molar-refractivity contribution in [2.24, 2.45) is 0 Å². The van der Waals surface area contributed by atoms with Gasteiger partial charge in [-0.1, -0.05) is 43.3 Å². The Balaban J connectivity index is 2.42. The first-order chi connectivity index (χ1) is 9.02. The van der Waals surface area contributed by atoms with E-state index in [-0.39, 0.29) is 0 Å². The zero-order valence-corrected chi connectivity index (χ0v) is 13.1. The summed E-state index contributed by atoms with van der Waals surface area (Å²) in [5.41, 5.74) is 8.04. The molecule has 0 saturated carbocycles. The molecule has 0 aromatic heterocycles. The Morgan fingerprint density at radius 3 is 2.00 bits per heavy atom. The van der Waals surface area contributed by atoms with Gasteiger partial charge in [0.25, 0.3) is 0 Å². The molecule has 2 rings (SSSR count). The van der Waals surface area contributed by atoms with E-state index in [4.69, 9.17) is 0 Å². The Hall–Kier alpha value is -1.21. The maximum absolute atomic E-state index is 4.52. The third kappa shape index (κ3) is 3.03. The predicted octanol–water partition coefficient (Wildman–Crippen LogP) is 5.52. The van der Waals surface area contributed by atoms with Crippen molar-refractivity contribution >= 4 is 12.6 Å². The van der Waals surface area contributed by atoms with Gasteiger partial charge in [0.1, 0.15) is 0 Å². The molecule has 0 amide bonds. The lowest BCUT2D eigenvalue weighted by Crippen LogP contribution is -1.92. The summed E-state index contributed by atoms with van der Waals surface area (Å²) in [6.07, 6.45) is 1.10. The van der Waals surface area contributed by atoms with Crippen LogP contribution in [-0.2, 0) is 6.42 Å². The first-order valence-corrected chi connectivity index (χ1v) is 7.43. The van der Waals surface area contributed by atoms with Gasteiger partial charge in [0.15, 0.2) is 0 Å². The molecular weight excluding hydrogens is 248 g/mol. The number of hydrogen-bond donors (Lipinski definition) is 1. The fourth-order valence-electron chi connectivity index (χ4n) is 2.60. The van der Waals surface area contributed by atoms with Crippen LogP contribution in [0.3, 0.4) is 0 Å². The Labute approximate surface area is 122 Å². The smallest absolute Gasteiger partial charge is 0.0241 e. The molecule has 0 N–H and O–H groups in total. The van der Waals surface area contributed by atoms with Gasteiger partial charge in [0.05, 0.1) is 0 Å². The molecule has 0 aliphatic carbocycles. The second-order valence-electron chi connectivity index (χ2n) is 5.24. The van der Waals surface area contributed by atoms with E-state index in [1.807, 2.05) is 0 Å². The predicted molar refractivity (Wildman–Crippen MR) is 88.1 cm³/mol. The molecule has 1 heteroatoms. The molecule has 0 fully saturated rings. The molecule has 1 unspecified atom stereocenters. The van der Waals surface area contributed by atoms with Crippen LogP contribution in [0.1, 0.15) is 41.4 Å². The number of hydrogen-bond acceptors (Lipinski definition) is 1. The Bertz CT molecular complexity index is 582. The monoisotopic (exact) mass is 270 g/mol. The van der Waals surface area contributed by atoms with Crippen molar-refractivity contribution in [3.63, 3.8) is 0 Å². The summed E-state index contributed by atoms with van der Waals surface area (Å²) in [5, 5.41) is 0.290. The summed E-state index contributed by atoms with van der Waals surface area (Å²) < 4.78 is 0. The first kappa shape index (κ1) is 14.2. The van der Waals surface area contributed by atoms with Crippen LogP contribution in [0.5, 0.6) is 0 Å². The molecule has 0 aliphatic rings. The van der Waals surface area contributed by atoms with Gasteiger partial charge < -0.3 is 0 Å². The highest BCUT2D eigenvalue weighted by Crippen LogP contribution is 2.28. The van der Waals surface area contributed by atoms with Crippen LogP contribution < -0.4 is 0 Å². The standard InChI is InChI=1S/C18H22S/c1-5-15-6-7-16(10-12(15)2)17-8-9-18(14(4)19)13(3)11-17/h6-11,14,19H,5H2,1-4H3. The maximum atomic E-state index is 4.52. The van der Waals surface area contributed by atoms with Crippen molar-refractivity contribution in [1.29, 1.82) is 0 Å². The summed E-state index contributed by atoms with van der Waals surface area (Å²) in [6, 6.07) is 13.4. The minimum absolute atomic E-state index is 0.290. The van der Waals surface area contributed by atoms with Gasteiger partial charge in [-0.2, -0.15) is 12.6 Å². The maximum Gasteiger partial charge on any atom is 0.0241 e. The largest absolute Gasteiger partial charge is 0.171 e. The fraction of sp³-hybridized carbons (Fsp3) is 0.333. The quantitative estimate of drug-likeness (QED) is 0.697. The van der Waals surface area contributed by atoms with Crippen LogP contribution in [0.25, 0.3) is 11.1 Å². The lowest BCUT2D eigenvalue weighted by Gasteiger charge is -2.12. The van der Waals surface area contributed by atoms with E-state index in [1.54, 1.807) is 0 Å². The van der Waals surface area contributed by atoms with E-state index >= 15 is 0 Å². The molecule has 0 nitrogen and oxygen atoms in total. The molecule has 0 aliphatic heterocycles. The zero-order chi connectivity index (χ0) is 14.0. The van der Waals surface area contributed by atoms with Gasteiger partial charge in [-0.15, -0.1) is 0 Å². The van der Waals surface area contributed by atoms with E-state index < -0.39 is 0 Å². The topological polar surface area (TPSA) is 0 Å². The second kappa shape index (κ2) is 5.83. The SMILES string of the molecule is CCc1ccc(-c2ccc(C(C)S)c(C)c2)cc1C. The minimum Gasteiger partial charge on any atom is -0.171 e. The van der Waals surface area contributed by atoms with E-state index in [2.05, 4.69) is 76.7 Å². The van der Waals surface area contributed by atoms with Crippen molar-refractivity contribution < 1.29 is 0 Å². The van der Waals surface area contributed by atoms with Gasteiger partial charge >= 0.3 is 0 Å². The first-order valence-electron chi connectivity index (χ1n) is 6.91. The van der Waals surface area contributed by atoms with Crippen LogP contribution in [0.2, 0.25) is 0 Å². The molecule has 0 radical (unpaired) electrons. The van der Waals surface area contributed by atoms with Gasteiger partial charge in [-0.3, -0.25) is 0 Å². The summed E-state index contributed by atoms with van der Waals surface area (Å²) in [6.45, 7) is 8.68. The number of rotatable bonds is 3. The van der Waals surface area contributed by atoms with Crippen LogP contribution in [0.15, 0.2) is 36.4 Å². The Morgan fingerprint density at radius 2 is 1.53 bits per heavy atom. The third-order valence-electron chi connectivity index (χ3n) is 3.78. The third-order valence-corrected chi connectivity index (χ3v) is 4.05. The van der Waals surface area contributed by atoms with Crippen LogP contribution in [0, 0.1) is 13.8 Å². The van der Waals surface area contributed by atoms with Gasteiger partial charge in [-0.25, -0.2) is 0 Å². The molecule has 0 saturated heterocycles. The number of aryl methyl sites for hydroxylation is 3. The highest BCUT2D eigenvalue weighted by molar-refractivity contribution is 7.80. The van der Waals surface area contributed by atoms with E-state index in [0.29, 0.717) is 5.25 Å². The van der Waals surface area contributed by atoms with Crippen LogP contribution in [0.4, 0.5) is 0 Å². The summed E-state index contributed by atoms with van der Waals surface area (Å²) in [5.74, 6) is 0. The van der Waals surface area contributed by atoms with Crippen molar-refractivity contribution in [3.05, 3.63) is 58.7 Å². The second-order valence-corrected chi connectivity index (χ2v) is 6.02. The lowest BCUT2D eigenvalue weighted by molar-refractivity contribution is 1.08. The van der Waals surface area contributed by atoms with Gasteiger partial charge in [0, 0.05) is 5.25 Å². The molecule has 2 aromatic carbocycles. The molecular formula is C18H22S. The van der Waals surface area contributed by atoms with Crippen molar-refractivity contribution in [1.82, 2.24) is 0 Å². The molecule has 100 valence electrons. The average molecular weight is 270 g/mol. The average Bonchev–Trinajstić information content (AvgIpc) is 2.38. The van der Waals surface area contributed by atoms with E-state index in [1.165, 1.54) is 33.4 Å². The Kier molecular flexibility index (Phi) is 4.36. The van der Waals surface area contributed by atoms with Crippen molar-refractivity contribution in [2.45, 2.75) is 39.4 Å².